The number of hydrogen-bond donors (Lipinski definition) is 0. The van der Waals surface area contributed by atoms with Crippen molar-refractivity contribution in [1.29, 1.82) is 0 Å². The van der Waals surface area contributed by atoms with Gasteiger partial charge in [-0.3, -0.25) is 4.79 Å². The first-order valence-electron chi connectivity index (χ1n) is 12.8. The van der Waals surface area contributed by atoms with Crippen LogP contribution in [-0.2, 0) is 19.6 Å². The lowest BCUT2D eigenvalue weighted by Gasteiger charge is -2.39. The van der Waals surface area contributed by atoms with Crippen molar-refractivity contribution in [1.82, 2.24) is 3.97 Å². The first-order valence-corrected chi connectivity index (χ1v) is 15.1. The Kier molecular flexibility index (Phi) is 6.64. The smallest absolute Gasteiger partial charge is 0.312 e. The van der Waals surface area contributed by atoms with Crippen LogP contribution in [0.4, 0.5) is 15.1 Å². The molecule has 7 nitrogen and oxygen atoms in total. The van der Waals surface area contributed by atoms with E-state index < -0.39 is 15.8 Å². The lowest BCUT2D eigenvalue weighted by molar-refractivity contribution is -0.146. The van der Waals surface area contributed by atoms with Crippen LogP contribution >= 0.6 is 11.3 Å². The maximum absolute atomic E-state index is 14.7. The topological polar surface area (TPSA) is 73.0 Å². The molecule has 1 aliphatic rings. The molecule has 3 heterocycles. The van der Waals surface area contributed by atoms with Crippen LogP contribution in [0, 0.1) is 25.2 Å². The quantitative estimate of drug-likeness (QED) is 0.160. The van der Waals surface area contributed by atoms with E-state index in [-0.39, 0.29) is 16.8 Å². The number of fused-ring (bicyclic) bond motifs is 1. The lowest BCUT2D eigenvalue weighted by atomic mass is 9.97. The minimum atomic E-state index is -4.15. The highest BCUT2D eigenvalue weighted by Crippen LogP contribution is 2.46. The summed E-state index contributed by atoms with van der Waals surface area (Å²) in [6.45, 7) is 10.3. The van der Waals surface area contributed by atoms with E-state index in [2.05, 4.69) is 4.85 Å². The van der Waals surface area contributed by atoms with E-state index in [0.717, 1.165) is 11.3 Å². The van der Waals surface area contributed by atoms with Crippen molar-refractivity contribution in [2.45, 2.75) is 11.8 Å². The second-order valence-electron chi connectivity index (χ2n) is 9.93. The molecule has 1 aliphatic heterocycles. The summed E-state index contributed by atoms with van der Waals surface area (Å²) in [7, 11) is -2.78. The molecule has 2 aromatic heterocycles. The summed E-state index contributed by atoms with van der Waals surface area (Å²) in [4.78, 5) is 17.6. The van der Waals surface area contributed by atoms with E-state index in [1.165, 1.54) is 40.6 Å². The van der Waals surface area contributed by atoms with Crippen molar-refractivity contribution in [2.75, 3.05) is 25.1 Å². The van der Waals surface area contributed by atoms with Gasteiger partial charge in [0, 0.05) is 35.3 Å². The van der Waals surface area contributed by atoms with Crippen molar-refractivity contribution < 1.29 is 22.3 Å². The van der Waals surface area contributed by atoms with E-state index >= 15 is 0 Å². The number of hydrogen-bond acceptors (Lipinski definition) is 6. The fourth-order valence-corrected chi connectivity index (χ4v) is 7.45. The highest BCUT2D eigenvalue weighted by Gasteiger charge is 2.34. The Labute approximate surface area is 240 Å². The van der Waals surface area contributed by atoms with Gasteiger partial charge in [0.25, 0.3) is 10.0 Å². The number of rotatable bonds is 6. The zero-order valence-corrected chi connectivity index (χ0v) is 23.8. The Bertz CT molecular complexity index is 1960. The number of halogens is 1. The fraction of sp³-hybridized carbons (Fsp3) is 0.161. The van der Waals surface area contributed by atoms with Gasteiger partial charge in [0.15, 0.2) is 0 Å². The van der Waals surface area contributed by atoms with E-state index in [1.54, 1.807) is 35.7 Å². The van der Waals surface area contributed by atoms with Gasteiger partial charge < -0.3 is 9.64 Å². The molecule has 0 saturated carbocycles. The molecule has 1 fully saturated rings. The van der Waals surface area contributed by atoms with Crippen molar-refractivity contribution in [3.05, 3.63) is 101 Å². The van der Waals surface area contributed by atoms with Crippen LogP contribution in [0.5, 0.6) is 0 Å². The number of ether oxygens (including phenoxy) is 1. The highest BCUT2D eigenvalue weighted by molar-refractivity contribution is 7.90. The number of methoxy groups -OCH3 is 1. The summed E-state index contributed by atoms with van der Waals surface area (Å²) in [5.41, 5.74) is 4.18. The largest absolute Gasteiger partial charge is 0.469 e. The van der Waals surface area contributed by atoms with Gasteiger partial charge in [-0.25, -0.2) is 21.6 Å². The number of aryl methyl sites for hydroxylation is 1. The Morgan fingerprint density at radius 1 is 1.05 bits per heavy atom. The third-order valence-electron chi connectivity index (χ3n) is 7.33. The van der Waals surface area contributed by atoms with E-state index in [0.29, 0.717) is 51.4 Å². The summed E-state index contributed by atoms with van der Waals surface area (Å²) < 4.78 is 49.6. The molecule has 6 rings (SSSR count). The monoisotopic (exact) mass is 585 g/mol. The molecule has 0 atom stereocenters. The van der Waals surface area contributed by atoms with Crippen molar-refractivity contribution in [2.24, 2.45) is 5.92 Å². The molecule has 206 valence electrons. The predicted octanol–water partition coefficient (Wildman–Crippen LogP) is 6.88. The summed E-state index contributed by atoms with van der Waals surface area (Å²) in [6.07, 6.45) is 0. The molecular weight excluding hydrogens is 561 g/mol. The molecule has 3 aromatic carbocycles. The molecule has 41 heavy (non-hydrogen) atoms. The van der Waals surface area contributed by atoms with Crippen LogP contribution in [0.15, 0.2) is 83.1 Å². The third-order valence-corrected chi connectivity index (χ3v) is 9.88. The average Bonchev–Trinajstić information content (AvgIpc) is 3.55. The van der Waals surface area contributed by atoms with Gasteiger partial charge in [-0.15, -0.1) is 0 Å². The lowest BCUT2D eigenvalue weighted by Crippen LogP contribution is -2.50. The molecule has 0 aliphatic carbocycles. The van der Waals surface area contributed by atoms with Crippen molar-refractivity contribution >= 4 is 48.9 Å². The Balaban J connectivity index is 1.63. The maximum atomic E-state index is 14.7. The molecule has 0 unspecified atom stereocenters. The SMILES string of the molecule is [C-]#[N+]c1cc(-c2c(-c3cccc(N4CC(C(=O)OC)C4)c3)n(S(=O)(=O)c3ccc(C)cc3)c3ccc(F)cc23)cs1. The Hall–Kier alpha value is -4.46. The third kappa shape index (κ3) is 4.57. The van der Waals surface area contributed by atoms with Crippen LogP contribution < -0.4 is 4.90 Å². The van der Waals surface area contributed by atoms with E-state index in [4.69, 9.17) is 11.3 Å². The van der Waals surface area contributed by atoms with Crippen LogP contribution in [0.1, 0.15) is 5.56 Å². The Morgan fingerprint density at radius 2 is 1.80 bits per heavy atom. The normalized spacial score (nSPS) is 13.7. The van der Waals surface area contributed by atoms with E-state index in [9.17, 15) is 17.6 Å². The molecule has 0 amide bonds. The Morgan fingerprint density at radius 3 is 2.49 bits per heavy atom. The molecule has 0 N–H and O–H groups in total. The maximum Gasteiger partial charge on any atom is 0.312 e. The van der Waals surface area contributed by atoms with Crippen LogP contribution in [0.25, 0.3) is 38.1 Å². The van der Waals surface area contributed by atoms with Crippen LogP contribution in [-0.4, -0.2) is 38.6 Å². The zero-order chi connectivity index (χ0) is 28.9. The van der Waals surface area contributed by atoms with Crippen molar-refractivity contribution in [3.8, 4) is 22.4 Å². The van der Waals surface area contributed by atoms with Gasteiger partial charge in [0.1, 0.15) is 5.82 Å². The molecule has 10 heteroatoms. The standard InChI is InChI=1S/C31H24FN3O4S2/c1-19-7-10-25(11-8-19)41(37,38)35-27-12-9-23(32)15-26(27)29(21-14-28(33-2)40-18-21)30(35)20-5-4-6-24(13-20)34-16-22(17-34)31(36)39-3/h4-15,18,22H,16-17H2,1,3H3. The summed E-state index contributed by atoms with van der Waals surface area (Å²) >= 11 is 1.24. The molecule has 0 radical (unpaired) electrons. The van der Waals surface area contributed by atoms with Crippen LogP contribution in [0.2, 0.25) is 0 Å². The second-order valence-corrected chi connectivity index (χ2v) is 12.6. The average molecular weight is 586 g/mol. The number of aromatic nitrogens is 1. The predicted molar refractivity (Wildman–Crippen MR) is 158 cm³/mol. The van der Waals surface area contributed by atoms with E-state index in [1.807, 2.05) is 36.1 Å². The molecular formula is C31H24FN3O4S2. The van der Waals surface area contributed by atoms with Crippen molar-refractivity contribution in [3.63, 3.8) is 0 Å². The van der Waals surface area contributed by atoms with Gasteiger partial charge in [0.2, 0.25) is 5.00 Å². The fourth-order valence-electron chi connectivity index (χ4n) is 5.22. The number of nitrogens with zero attached hydrogens (tertiary/aromatic N) is 3. The van der Waals surface area contributed by atoms with Gasteiger partial charge in [-0.1, -0.05) is 29.8 Å². The zero-order valence-electron chi connectivity index (χ0n) is 22.2. The number of benzene rings is 3. The summed E-state index contributed by atoms with van der Waals surface area (Å²) in [5, 5.41) is 2.65. The number of carbonyl (C=O) groups is 1. The van der Waals surface area contributed by atoms with Gasteiger partial charge in [0.05, 0.1) is 35.7 Å². The first-order chi connectivity index (χ1) is 19.7. The summed E-state index contributed by atoms with van der Waals surface area (Å²) in [6, 6.07) is 19.8. The number of esters is 1. The van der Waals surface area contributed by atoms with Gasteiger partial charge >= 0.3 is 5.97 Å². The second kappa shape index (κ2) is 10.2. The number of anilines is 1. The molecule has 0 bridgehead atoms. The first kappa shape index (κ1) is 26.7. The highest BCUT2D eigenvalue weighted by atomic mass is 32.2. The molecule has 5 aromatic rings. The molecule has 1 saturated heterocycles. The minimum absolute atomic E-state index is 0.101. The number of carbonyl (C=O) groups excluding carboxylic acids is 1. The van der Waals surface area contributed by atoms with Crippen LogP contribution in [0.3, 0.4) is 0 Å². The number of thiophene rings is 1. The van der Waals surface area contributed by atoms with Gasteiger partial charge in [-0.05, 0) is 66.4 Å². The van der Waals surface area contributed by atoms with Gasteiger partial charge in [-0.2, -0.15) is 11.3 Å². The summed E-state index contributed by atoms with van der Waals surface area (Å²) in [5.74, 6) is -0.994. The minimum Gasteiger partial charge on any atom is -0.469 e. The molecule has 0 spiro atoms.